The molecule has 3 rings (SSSR count). The fourth-order valence-corrected chi connectivity index (χ4v) is 3.19. The van der Waals surface area contributed by atoms with E-state index < -0.39 is 0 Å². The lowest BCUT2D eigenvalue weighted by Gasteiger charge is -2.37. The molecule has 1 aromatic heterocycles. The van der Waals surface area contributed by atoms with Crippen molar-refractivity contribution in [2.24, 2.45) is 5.92 Å². The van der Waals surface area contributed by atoms with Gasteiger partial charge in [-0.25, -0.2) is 9.97 Å². The predicted molar refractivity (Wildman–Crippen MR) is 89.8 cm³/mol. The zero-order valence-corrected chi connectivity index (χ0v) is 14.7. The van der Waals surface area contributed by atoms with E-state index in [-0.39, 0.29) is 41.8 Å². The number of hydrogen-bond acceptors (Lipinski definition) is 5. The summed E-state index contributed by atoms with van der Waals surface area (Å²) in [5.74, 6) is 1.89. The fourth-order valence-electron chi connectivity index (χ4n) is 3.19. The van der Waals surface area contributed by atoms with Crippen LogP contribution >= 0.6 is 24.0 Å². The molecule has 116 valence electrons. The molecule has 0 bridgehead atoms. The van der Waals surface area contributed by atoms with Gasteiger partial charge in [-0.2, -0.15) is 0 Å². The van der Waals surface area contributed by atoms with Crippen molar-refractivity contribution < 1.29 is 9.53 Å². The van der Waals surface area contributed by atoms with E-state index in [0.717, 1.165) is 30.9 Å². The minimum Gasteiger partial charge on any atom is -0.377 e. The smallest absolute Gasteiger partial charge is 0.225 e. The Morgan fingerprint density at radius 3 is 3.05 bits per heavy atom. The van der Waals surface area contributed by atoms with Crippen molar-refractivity contribution in [3.8, 4) is 0 Å². The highest BCUT2D eigenvalue weighted by Crippen LogP contribution is 2.30. The monoisotopic (exact) mass is 404 g/mol. The maximum absolute atomic E-state index is 11.8. The van der Waals surface area contributed by atoms with Crippen molar-refractivity contribution >= 4 is 35.7 Å². The highest BCUT2D eigenvalue weighted by Gasteiger charge is 2.41. The molecule has 2 saturated heterocycles. The largest absolute Gasteiger partial charge is 0.377 e. The van der Waals surface area contributed by atoms with Gasteiger partial charge in [0.05, 0.1) is 12.0 Å². The molecule has 0 aliphatic carbocycles. The lowest BCUT2D eigenvalue weighted by molar-refractivity contribution is -0.122. The Balaban J connectivity index is 0.00000161. The van der Waals surface area contributed by atoms with Gasteiger partial charge in [0.2, 0.25) is 5.91 Å². The topological polar surface area (TPSA) is 67.3 Å². The normalized spacial score (nSPS) is 24.3. The van der Waals surface area contributed by atoms with Gasteiger partial charge < -0.3 is 15.0 Å². The molecule has 3 heterocycles. The van der Waals surface area contributed by atoms with Crippen LogP contribution < -0.4 is 10.2 Å². The Kier molecular flexibility index (Phi) is 5.37. The summed E-state index contributed by atoms with van der Waals surface area (Å²) in [6, 6.07) is 2.21. The van der Waals surface area contributed by atoms with Gasteiger partial charge in [0, 0.05) is 32.0 Å². The van der Waals surface area contributed by atoms with Crippen LogP contribution in [0.2, 0.25) is 0 Å². The number of carbonyl (C=O) groups is 1. The average molecular weight is 404 g/mol. The van der Waals surface area contributed by atoms with Crippen molar-refractivity contribution in [3.05, 3.63) is 17.6 Å². The molecule has 0 unspecified atom stereocenters. The molecule has 2 aliphatic rings. The van der Waals surface area contributed by atoms with Crippen LogP contribution in [-0.2, 0) is 16.1 Å². The number of amides is 1. The van der Waals surface area contributed by atoms with E-state index >= 15 is 0 Å². The molecular formula is C14H21IN4O2. The summed E-state index contributed by atoms with van der Waals surface area (Å²) in [6.45, 7) is 4.03. The SMILES string of the molecule is COCc1nc(C)cc(N2CCC[C@H]3C(=O)NC[C@H]32)n1.I. The Morgan fingerprint density at radius 2 is 2.29 bits per heavy atom. The number of methoxy groups -OCH3 is 1. The summed E-state index contributed by atoms with van der Waals surface area (Å²) < 4.78 is 5.12. The lowest BCUT2D eigenvalue weighted by Crippen LogP contribution is -2.46. The van der Waals surface area contributed by atoms with Gasteiger partial charge in [-0.15, -0.1) is 24.0 Å². The van der Waals surface area contributed by atoms with Crippen molar-refractivity contribution in [3.63, 3.8) is 0 Å². The third kappa shape index (κ3) is 3.28. The van der Waals surface area contributed by atoms with Crippen LogP contribution in [0.1, 0.15) is 24.4 Å². The third-order valence-corrected chi connectivity index (χ3v) is 4.06. The first-order chi connectivity index (χ1) is 9.69. The molecule has 2 atom stereocenters. The van der Waals surface area contributed by atoms with Crippen LogP contribution in [0.4, 0.5) is 5.82 Å². The Hall–Kier alpha value is -0.960. The Morgan fingerprint density at radius 1 is 1.48 bits per heavy atom. The number of carbonyl (C=O) groups excluding carboxylic acids is 1. The first-order valence-electron chi connectivity index (χ1n) is 7.07. The predicted octanol–water partition coefficient (Wildman–Crippen LogP) is 1.26. The third-order valence-electron chi connectivity index (χ3n) is 4.06. The first-order valence-corrected chi connectivity index (χ1v) is 7.07. The van der Waals surface area contributed by atoms with Gasteiger partial charge in [0.1, 0.15) is 12.4 Å². The van der Waals surface area contributed by atoms with E-state index in [1.54, 1.807) is 7.11 Å². The summed E-state index contributed by atoms with van der Waals surface area (Å²) in [5.41, 5.74) is 0.932. The molecule has 2 aliphatic heterocycles. The number of aromatic nitrogens is 2. The van der Waals surface area contributed by atoms with Gasteiger partial charge >= 0.3 is 0 Å². The Bertz CT molecular complexity index is 526. The van der Waals surface area contributed by atoms with Crippen LogP contribution in [-0.4, -0.2) is 42.1 Å². The zero-order valence-electron chi connectivity index (χ0n) is 12.3. The number of aryl methyl sites for hydroxylation is 1. The number of anilines is 1. The molecule has 1 N–H and O–H groups in total. The summed E-state index contributed by atoms with van der Waals surface area (Å²) >= 11 is 0. The van der Waals surface area contributed by atoms with Crippen molar-refractivity contribution in [1.29, 1.82) is 0 Å². The molecule has 0 aromatic carbocycles. The second-order valence-electron chi connectivity index (χ2n) is 5.47. The van der Waals surface area contributed by atoms with Gasteiger partial charge in [0.25, 0.3) is 0 Å². The van der Waals surface area contributed by atoms with Crippen molar-refractivity contribution in [2.75, 3.05) is 25.1 Å². The van der Waals surface area contributed by atoms with E-state index in [1.807, 2.05) is 13.0 Å². The fraction of sp³-hybridized carbons (Fsp3) is 0.643. The molecule has 21 heavy (non-hydrogen) atoms. The molecule has 0 spiro atoms. The van der Waals surface area contributed by atoms with Crippen molar-refractivity contribution in [2.45, 2.75) is 32.4 Å². The number of ether oxygens (including phenoxy) is 1. The molecule has 0 radical (unpaired) electrons. The molecule has 2 fully saturated rings. The number of halogens is 1. The second kappa shape index (κ2) is 6.87. The number of hydrogen-bond donors (Lipinski definition) is 1. The number of fused-ring (bicyclic) bond motifs is 1. The first kappa shape index (κ1) is 16.4. The number of rotatable bonds is 3. The summed E-state index contributed by atoms with van der Waals surface area (Å²) in [5, 5.41) is 2.97. The van der Waals surface area contributed by atoms with Crippen LogP contribution in [0.25, 0.3) is 0 Å². The van der Waals surface area contributed by atoms with Crippen LogP contribution in [0.15, 0.2) is 6.07 Å². The van der Waals surface area contributed by atoms with E-state index in [4.69, 9.17) is 4.74 Å². The van der Waals surface area contributed by atoms with Crippen LogP contribution in [0, 0.1) is 12.8 Å². The lowest BCUT2D eigenvalue weighted by atomic mass is 9.91. The zero-order chi connectivity index (χ0) is 14.1. The number of nitrogens with zero attached hydrogens (tertiary/aromatic N) is 3. The number of nitrogens with one attached hydrogen (secondary N) is 1. The highest BCUT2D eigenvalue weighted by atomic mass is 127. The highest BCUT2D eigenvalue weighted by molar-refractivity contribution is 14.0. The maximum Gasteiger partial charge on any atom is 0.225 e. The minimum absolute atomic E-state index is 0. The van der Waals surface area contributed by atoms with E-state index in [2.05, 4.69) is 20.2 Å². The van der Waals surface area contributed by atoms with E-state index in [0.29, 0.717) is 19.0 Å². The van der Waals surface area contributed by atoms with Crippen molar-refractivity contribution in [1.82, 2.24) is 15.3 Å². The van der Waals surface area contributed by atoms with Gasteiger partial charge in [-0.05, 0) is 19.8 Å². The van der Waals surface area contributed by atoms with E-state index in [1.165, 1.54) is 0 Å². The molecule has 1 amide bonds. The summed E-state index contributed by atoms with van der Waals surface area (Å²) in [6.07, 6.45) is 2.00. The standard InChI is InChI=1S/C14H20N4O2.HI/c1-9-6-13(17-12(16-9)8-20-2)18-5-3-4-10-11(18)7-15-14(10)19;/h6,10-11H,3-5,7-8H2,1-2H3,(H,15,19);1H/t10-,11-;/m1./s1. The average Bonchev–Trinajstić information content (AvgIpc) is 2.80. The number of piperidine rings is 1. The minimum atomic E-state index is 0. The molecular weight excluding hydrogens is 383 g/mol. The summed E-state index contributed by atoms with van der Waals surface area (Å²) in [7, 11) is 1.64. The molecule has 1 aromatic rings. The quantitative estimate of drug-likeness (QED) is 0.769. The van der Waals surface area contributed by atoms with E-state index in [9.17, 15) is 4.79 Å². The van der Waals surface area contributed by atoms with Gasteiger partial charge in [-0.3, -0.25) is 4.79 Å². The molecule has 7 heteroatoms. The maximum atomic E-state index is 11.8. The summed E-state index contributed by atoms with van der Waals surface area (Å²) in [4.78, 5) is 23.0. The van der Waals surface area contributed by atoms with Gasteiger partial charge in [0.15, 0.2) is 5.82 Å². The second-order valence-corrected chi connectivity index (χ2v) is 5.47. The van der Waals surface area contributed by atoms with Crippen LogP contribution in [0.3, 0.4) is 0 Å². The van der Waals surface area contributed by atoms with Crippen LogP contribution in [0.5, 0.6) is 0 Å². The molecule has 0 saturated carbocycles. The Labute approximate surface area is 141 Å². The van der Waals surface area contributed by atoms with Gasteiger partial charge in [-0.1, -0.05) is 0 Å². The molecule has 6 nitrogen and oxygen atoms in total.